The third-order valence-corrected chi connectivity index (χ3v) is 3.08. The maximum Gasteiger partial charge on any atom is 0.236 e. The Morgan fingerprint density at radius 3 is 3.00 bits per heavy atom. The van der Waals surface area contributed by atoms with Crippen molar-refractivity contribution < 1.29 is 4.79 Å². The van der Waals surface area contributed by atoms with Gasteiger partial charge in [0.25, 0.3) is 0 Å². The number of hydrogen-bond donors (Lipinski definition) is 2. The molecule has 3 N–H and O–H groups in total. The number of carbonyl (C=O) groups excluding carboxylic acids is 1. The molecule has 0 aliphatic heterocycles. The van der Waals surface area contributed by atoms with Crippen LogP contribution in [0.25, 0.3) is 5.65 Å². The van der Waals surface area contributed by atoms with Crippen LogP contribution in [0.1, 0.15) is 19.0 Å². The van der Waals surface area contributed by atoms with Crippen LogP contribution in [0, 0.1) is 0 Å². The smallest absolute Gasteiger partial charge is 0.236 e. The van der Waals surface area contributed by atoms with Crippen LogP contribution in [0.2, 0.25) is 0 Å². The lowest BCUT2D eigenvalue weighted by molar-refractivity contribution is -0.116. The van der Waals surface area contributed by atoms with Gasteiger partial charge < -0.3 is 20.4 Å². The van der Waals surface area contributed by atoms with Crippen molar-refractivity contribution in [2.24, 2.45) is 5.73 Å². The molecule has 0 unspecified atom stereocenters. The number of primary amides is 1. The standard InChI is InChI=1S/C14H21N5O/c1-3-7-16-9-11-14(18(2)10-12(15)20)17-13-6-4-5-8-19(11)13/h4-6,8,16H,3,7,9-10H2,1-2H3,(H2,15,20). The van der Waals surface area contributed by atoms with Crippen molar-refractivity contribution in [2.45, 2.75) is 19.9 Å². The van der Waals surface area contributed by atoms with E-state index in [-0.39, 0.29) is 12.5 Å². The fourth-order valence-electron chi connectivity index (χ4n) is 2.20. The predicted molar refractivity (Wildman–Crippen MR) is 79.7 cm³/mol. The molecule has 0 aliphatic rings. The molecule has 0 aromatic carbocycles. The van der Waals surface area contributed by atoms with Crippen molar-refractivity contribution in [1.29, 1.82) is 0 Å². The van der Waals surface area contributed by atoms with Gasteiger partial charge in [-0.15, -0.1) is 0 Å². The lowest BCUT2D eigenvalue weighted by Gasteiger charge is -2.16. The number of aromatic nitrogens is 2. The van der Waals surface area contributed by atoms with E-state index in [0.29, 0.717) is 6.54 Å². The average Bonchev–Trinajstić information content (AvgIpc) is 2.78. The monoisotopic (exact) mass is 275 g/mol. The molecule has 6 heteroatoms. The Hall–Kier alpha value is -2.08. The van der Waals surface area contributed by atoms with Crippen LogP contribution >= 0.6 is 0 Å². The summed E-state index contributed by atoms with van der Waals surface area (Å²) in [7, 11) is 1.83. The highest BCUT2D eigenvalue weighted by atomic mass is 16.1. The van der Waals surface area contributed by atoms with E-state index in [2.05, 4.69) is 17.2 Å². The molecule has 0 bridgehead atoms. The number of nitrogens with zero attached hydrogens (tertiary/aromatic N) is 3. The first-order chi connectivity index (χ1) is 9.63. The van der Waals surface area contributed by atoms with Crippen molar-refractivity contribution >= 4 is 17.4 Å². The molecule has 2 aromatic rings. The molecule has 2 aromatic heterocycles. The molecule has 2 heterocycles. The number of imidazole rings is 1. The summed E-state index contributed by atoms with van der Waals surface area (Å²) in [6, 6.07) is 5.87. The molecule has 0 saturated heterocycles. The number of nitrogens with one attached hydrogen (secondary N) is 1. The van der Waals surface area contributed by atoms with E-state index in [1.165, 1.54) is 0 Å². The quantitative estimate of drug-likeness (QED) is 0.731. The SMILES string of the molecule is CCCNCc1c(N(C)CC(N)=O)nc2ccccn12. The Kier molecular flexibility index (Phi) is 4.57. The number of rotatable bonds is 7. The highest BCUT2D eigenvalue weighted by Crippen LogP contribution is 2.20. The summed E-state index contributed by atoms with van der Waals surface area (Å²) >= 11 is 0. The number of pyridine rings is 1. The Morgan fingerprint density at radius 2 is 2.30 bits per heavy atom. The second-order valence-corrected chi connectivity index (χ2v) is 4.81. The van der Waals surface area contributed by atoms with Gasteiger partial charge in [0.15, 0.2) is 5.82 Å². The molecule has 0 fully saturated rings. The maximum absolute atomic E-state index is 11.1. The van der Waals surface area contributed by atoms with Crippen molar-refractivity contribution in [3.63, 3.8) is 0 Å². The van der Waals surface area contributed by atoms with Gasteiger partial charge in [-0.25, -0.2) is 4.98 Å². The topological polar surface area (TPSA) is 75.7 Å². The highest BCUT2D eigenvalue weighted by molar-refractivity contribution is 5.79. The third-order valence-electron chi connectivity index (χ3n) is 3.08. The zero-order valence-corrected chi connectivity index (χ0v) is 12.0. The van der Waals surface area contributed by atoms with Crippen molar-refractivity contribution in [3.05, 3.63) is 30.1 Å². The fraction of sp³-hybridized carbons (Fsp3) is 0.429. The van der Waals surface area contributed by atoms with E-state index in [0.717, 1.165) is 30.1 Å². The first-order valence-corrected chi connectivity index (χ1v) is 6.79. The van der Waals surface area contributed by atoms with Gasteiger partial charge in [0, 0.05) is 19.8 Å². The summed E-state index contributed by atoms with van der Waals surface area (Å²) in [5, 5.41) is 3.37. The largest absolute Gasteiger partial charge is 0.368 e. The number of amides is 1. The summed E-state index contributed by atoms with van der Waals surface area (Å²) in [6.45, 7) is 3.93. The lowest BCUT2D eigenvalue weighted by atomic mass is 10.3. The van der Waals surface area contributed by atoms with E-state index in [1.54, 1.807) is 4.90 Å². The van der Waals surface area contributed by atoms with Gasteiger partial charge in [-0.3, -0.25) is 4.79 Å². The van der Waals surface area contributed by atoms with Gasteiger partial charge in [0.05, 0.1) is 12.2 Å². The number of fused-ring (bicyclic) bond motifs is 1. The van der Waals surface area contributed by atoms with E-state index in [1.807, 2.05) is 35.8 Å². The summed E-state index contributed by atoms with van der Waals surface area (Å²) in [4.78, 5) is 17.5. The number of nitrogens with two attached hydrogens (primary N) is 1. The van der Waals surface area contributed by atoms with Crippen molar-refractivity contribution in [3.8, 4) is 0 Å². The van der Waals surface area contributed by atoms with Gasteiger partial charge in [-0.05, 0) is 25.1 Å². The molecule has 0 aliphatic carbocycles. The van der Waals surface area contributed by atoms with E-state index < -0.39 is 0 Å². The van der Waals surface area contributed by atoms with Crippen LogP contribution in [0.4, 0.5) is 5.82 Å². The predicted octanol–water partition coefficient (Wildman–Crippen LogP) is 0.755. The molecule has 108 valence electrons. The van der Waals surface area contributed by atoms with Crippen LogP contribution in [0.3, 0.4) is 0 Å². The molecular formula is C14H21N5O. The molecule has 0 atom stereocenters. The number of hydrogen-bond acceptors (Lipinski definition) is 4. The Morgan fingerprint density at radius 1 is 1.50 bits per heavy atom. The molecule has 1 amide bonds. The zero-order valence-electron chi connectivity index (χ0n) is 12.0. The minimum Gasteiger partial charge on any atom is -0.368 e. The Bertz CT molecular complexity index is 592. The van der Waals surface area contributed by atoms with Crippen molar-refractivity contribution in [2.75, 3.05) is 25.0 Å². The molecule has 0 spiro atoms. The number of likely N-dealkylation sites (N-methyl/N-ethyl adjacent to an activating group) is 1. The second-order valence-electron chi connectivity index (χ2n) is 4.81. The lowest BCUT2D eigenvalue weighted by Crippen LogP contribution is -2.31. The van der Waals surface area contributed by atoms with E-state index in [9.17, 15) is 4.79 Å². The average molecular weight is 275 g/mol. The van der Waals surface area contributed by atoms with Crippen LogP contribution in [0.15, 0.2) is 24.4 Å². The number of anilines is 1. The van der Waals surface area contributed by atoms with Gasteiger partial charge >= 0.3 is 0 Å². The summed E-state index contributed by atoms with van der Waals surface area (Å²) in [6.07, 6.45) is 3.05. The summed E-state index contributed by atoms with van der Waals surface area (Å²) in [5.74, 6) is 0.427. The van der Waals surface area contributed by atoms with E-state index >= 15 is 0 Å². The fourth-order valence-corrected chi connectivity index (χ4v) is 2.20. The van der Waals surface area contributed by atoms with Crippen molar-refractivity contribution in [1.82, 2.24) is 14.7 Å². The zero-order chi connectivity index (χ0) is 14.5. The highest BCUT2D eigenvalue weighted by Gasteiger charge is 2.16. The minimum absolute atomic E-state index is 0.157. The van der Waals surface area contributed by atoms with Gasteiger partial charge in [-0.2, -0.15) is 0 Å². The minimum atomic E-state index is -0.364. The molecule has 6 nitrogen and oxygen atoms in total. The normalized spacial score (nSPS) is 10.9. The van der Waals surface area contributed by atoms with Gasteiger partial charge in [0.2, 0.25) is 5.91 Å². The van der Waals surface area contributed by atoms with Gasteiger partial charge in [-0.1, -0.05) is 13.0 Å². The molecule has 2 rings (SSSR count). The van der Waals surface area contributed by atoms with Crippen LogP contribution in [0.5, 0.6) is 0 Å². The Labute approximate surface area is 118 Å². The molecule has 20 heavy (non-hydrogen) atoms. The van der Waals surface area contributed by atoms with Crippen LogP contribution in [-0.2, 0) is 11.3 Å². The third kappa shape index (κ3) is 3.08. The maximum atomic E-state index is 11.1. The first-order valence-electron chi connectivity index (χ1n) is 6.79. The van der Waals surface area contributed by atoms with Crippen LogP contribution < -0.4 is 16.0 Å². The second kappa shape index (κ2) is 6.38. The molecular weight excluding hydrogens is 254 g/mol. The van der Waals surface area contributed by atoms with Gasteiger partial charge in [0.1, 0.15) is 5.65 Å². The number of carbonyl (C=O) groups is 1. The summed E-state index contributed by atoms with van der Waals surface area (Å²) < 4.78 is 2.04. The molecule has 0 saturated carbocycles. The Balaban J connectivity index is 2.35. The molecule has 0 radical (unpaired) electrons. The van der Waals surface area contributed by atoms with E-state index in [4.69, 9.17) is 5.73 Å². The van der Waals surface area contributed by atoms with Crippen LogP contribution in [-0.4, -0.2) is 35.4 Å². The summed E-state index contributed by atoms with van der Waals surface area (Å²) in [5.41, 5.74) is 7.17. The first kappa shape index (κ1) is 14.3.